The van der Waals surface area contributed by atoms with Gasteiger partial charge in [0.1, 0.15) is 10.7 Å². The molecule has 0 radical (unpaired) electrons. The summed E-state index contributed by atoms with van der Waals surface area (Å²) in [7, 11) is 0. The maximum Gasteiger partial charge on any atom is 0.268 e. The summed E-state index contributed by atoms with van der Waals surface area (Å²) in [5.41, 5.74) is 0.805. The number of rotatable bonds is 7. The molecule has 130 valence electrons. The van der Waals surface area contributed by atoms with Gasteiger partial charge in [-0.25, -0.2) is 9.67 Å². The van der Waals surface area contributed by atoms with Gasteiger partial charge in [-0.3, -0.25) is 4.79 Å². The Kier molecular flexibility index (Phi) is 5.63. The van der Waals surface area contributed by atoms with Gasteiger partial charge in [0.25, 0.3) is 5.91 Å². The molecule has 1 aliphatic heterocycles. The Morgan fingerprint density at radius 2 is 2.42 bits per heavy atom. The first kappa shape index (κ1) is 17.1. The Bertz CT molecular complexity index is 689. The van der Waals surface area contributed by atoms with Crippen LogP contribution in [0.2, 0.25) is 0 Å². The van der Waals surface area contributed by atoms with Crippen molar-refractivity contribution in [2.45, 2.75) is 46.1 Å². The molecule has 2 aromatic rings. The largest absolute Gasteiger partial charge is 0.381 e. The lowest BCUT2D eigenvalue weighted by atomic mass is 10.1. The normalized spacial score (nSPS) is 17.3. The first-order valence-corrected chi connectivity index (χ1v) is 9.36. The second kappa shape index (κ2) is 7.90. The average molecular weight is 348 g/mol. The highest BCUT2D eigenvalue weighted by atomic mass is 32.1. The van der Waals surface area contributed by atoms with E-state index in [1.54, 1.807) is 6.20 Å². The maximum atomic E-state index is 12.6. The van der Waals surface area contributed by atoms with Gasteiger partial charge in [-0.1, -0.05) is 13.3 Å². The van der Waals surface area contributed by atoms with Crippen LogP contribution in [0.3, 0.4) is 0 Å². The Hall–Kier alpha value is -1.73. The molecule has 24 heavy (non-hydrogen) atoms. The number of hydrogen-bond acceptors (Lipinski definition) is 5. The van der Waals surface area contributed by atoms with Gasteiger partial charge in [0.05, 0.1) is 23.5 Å². The van der Waals surface area contributed by atoms with Crippen LogP contribution in [-0.2, 0) is 17.7 Å². The van der Waals surface area contributed by atoms with Gasteiger partial charge in [-0.05, 0) is 26.2 Å². The number of nitrogens with one attached hydrogen (secondary N) is 1. The summed E-state index contributed by atoms with van der Waals surface area (Å²) in [6, 6.07) is 1.84. The van der Waals surface area contributed by atoms with E-state index in [0.717, 1.165) is 62.0 Å². The number of thiazole rings is 1. The second-order valence-electron chi connectivity index (χ2n) is 6.21. The number of ether oxygens (including phenoxy) is 1. The van der Waals surface area contributed by atoms with E-state index < -0.39 is 0 Å². The van der Waals surface area contributed by atoms with Crippen molar-refractivity contribution >= 4 is 23.1 Å². The molecule has 7 heteroatoms. The molecule has 6 nitrogen and oxygen atoms in total. The number of hydrogen-bond donors (Lipinski definition) is 1. The molecule has 3 rings (SSSR count). The van der Waals surface area contributed by atoms with E-state index in [2.05, 4.69) is 22.3 Å². The number of unbranched alkanes of at least 4 members (excludes halogenated alkanes) is 1. The predicted molar refractivity (Wildman–Crippen MR) is 94.6 cm³/mol. The number of aryl methyl sites for hydroxylation is 2. The van der Waals surface area contributed by atoms with Crippen molar-refractivity contribution in [1.29, 1.82) is 0 Å². The fraction of sp³-hybridized carbons (Fsp3) is 0.588. The lowest BCUT2D eigenvalue weighted by Crippen LogP contribution is -2.18. The Morgan fingerprint density at radius 3 is 3.17 bits per heavy atom. The summed E-state index contributed by atoms with van der Waals surface area (Å²) >= 11 is 1.50. The van der Waals surface area contributed by atoms with Gasteiger partial charge in [-0.15, -0.1) is 11.3 Å². The fourth-order valence-electron chi connectivity index (χ4n) is 2.83. The van der Waals surface area contributed by atoms with Crippen LogP contribution in [0.5, 0.6) is 0 Å². The third kappa shape index (κ3) is 4.02. The molecule has 1 saturated heterocycles. The van der Waals surface area contributed by atoms with Crippen molar-refractivity contribution in [3.63, 3.8) is 0 Å². The van der Waals surface area contributed by atoms with E-state index in [1.165, 1.54) is 11.3 Å². The third-order valence-corrected chi connectivity index (χ3v) is 5.42. The first-order chi connectivity index (χ1) is 11.7. The minimum Gasteiger partial charge on any atom is -0.381 e. The van der Waals surface area contributed by atoms with Crippen LogP contribution in [-0.4, -0.2) is 33.9 Å². The van der Waals surface area contributed by atoms with Crippen LogP contribution in [0.15, 0.2) is 12.3 Å². The highest BCUT2D eigenvalue weighted by molar-refractivity contribution is 7.13. The standard InChI is InChI=1S/C17H24N4O2S/c1-3-4-5-15-19-12(2)16(24-15)17(22)20-14-6-8-18-21(14)10-13-7-9-23-11-13/h6,8,13H,3-5,7,9-11H2,1-2H3,(H,20,22). The van der Waals surface area contributed by atoms with Gasteiger partial charge in [-0.2, -0.15) is 5.10 Å². The Morgan fingerprint density at radius 1 is 1.54 bits per heavy atom. The minimum absolute atomic E-state index is 0.0998. The van der Waals surface area contributed by atoms with E-state index in [-0.39, 0.29) is 5.91 Å². The van der Waals surface area contributed by atoms with E-state index in [4.69, 9.17) is 4.74 Å². The summed E-state index contributed by atoms with van der Waals surface area (Å²) in [5.74, 6) is 1.10. The van der Waals surface area contributed by atoms with Crippen molar-refractivity contribution in [3.8, 4) is 0 Å². The number of amides is 1. The van der Waals surface area contributed by atoms with Gasteiger partial charge in [0.15, 0.2) is 0 Å². The smallest absolute Gasteiger partial charge is 0.268 e. The molecule has 1 aliphatic rings. The molecule has 1 unspecified atom stereocenters. The molecule has 3 heterocycles. The Labute approximate surface area is 146 Å². The number of aromatic nitrogens is 3. The highest BCUT2D eigenvalue weighted by Crippen LogP contribution is 2.22. The second-order valence-corrected chi connectivity index (χ2v) is 7.29. The van der Waals surface area contributed by atoms with Crippen molar-refractivity contribution < 1.29 is 9.53 Å². The molecule has 0 saturated carbocycles. The topological polar surface area (TPSA) is 69.0 Å². The van der Waals surface area contributed by atoms with Crippen molar-refractivity contribution in [3.05, 3.63) is 27.8 Å². The van der Waals surface area contributed by atoms with Gasteiger partial charge < -0.3 is 10.1 Å². The first-order valence-electron chi connectivity index (χ1n) is 8.54. The molecule has 1 fully saturated rings. The molecule has 2 aromatic heterocycles. The summed E-state index contributed by atoms with van der Waals surface area (Å²) in [6.45, 7) is 6.40. The van der Waals surface area contributed by atoms with Crippen LogP contribution in [0.25, 0.3) is 0 Å². The van der Waals surface area contributed by atoms with E-state index in [0.29, 0.717) is 10.8 Å². The van der Waals surface area contributed by atoms with Gasteiger partial charge in [0, 0.05) is 25.1 Å². The van der Waals surface area contributed by atoms with Crippen LogP contribution >= 0.6 is 11.3 Å². The van der Waals surface area contributed by atoms with Crippen LogP contribution < -0.4 is 5.32 Å². The van der Waals surface area contributed by atoms with Crippen molar-refractivity contribution in [1.82, 2.24) is 14.8 Å². The molecule has 0 bridgehead atoms. The lowest BCUT2D eigenvalue weighted by molar-refractivity contribution is 0.102. The van der Waals surface area contributed by atoms with Crippen molar-refractivity contribution in [2.24, 2.45) is 5.92 Å². The zero-order valence-electron chi connectivity index (χ0n) is 14.2. The Balaban J connectivity index is 1.66. The van der Waals surface area contributed by atoms with Crippen molar-refractivity contribution in [2.75, 3.05) is 18.5 Å². The van der Waals surface area contributed by atoms with Gasteiger partial charge >= 0.3 is 0 Å². The maximum absolute atomic E-state index is 12.6. The number of nitrogens with zero attached hydrogens (tertiary/aromatic N) is 3. The fourth-order valence-corrected chi connectivity index (χ4v) is 3.83. The molecule has 0 aromatic carbocycles. The highest BCUT2D eigenvalue weighted by Gasteiger charge is 2.20. The lowest BCUT2D eigenvalue weighted by Gasteiger charge is -2.11. The van der Waals surface area contributed by atoms with E-state index in [1.807, 2.05) is 17.7 Å². The number of anilines is 1. The summed E-state index contributed by atoms with van der Waals surface area (Å²) < 4.78 is 7.26. The molecule has 1 N–H and O–H groups in total. The zero-order chi connectivity index (χ0) is 16.9. The minimum atomic E-state index is -0.0998. The molecule has 0 aliphatic carbocycles. The summed E-state index contributed by atoms with van der Waals surface area (Å²) in [4.78, 5) is 17.8. The quantitative estimate of drug-likeness (QED) is 0.834. The average Bonchev–Trinajstić information content (AvgIpc) is 3.28. The third-order valence-electron chi connectivity index (χ3n) is 4.20. The van der Waals surface area contributed by atoms with E-state index in [9.17, 15) is 4.79 Å². The number of carbonyl (C=O) groups excluding carboxylic acids is 1. The van der Waals surface area contributed by atoms with Gasteiger partial charge in [0.2, 0.25) is 0 Å². The molecule has 1 atom stereocenters. The van der Waals surface area contributed by atoms with E-state index >= 15 is 0 Å². The predicted octanol–water partition coefficient (Wildman–Crippen LogP) is 3.28. The monoisotopic (exact) mass is 348 g/mol. The zero-order valence-corrected chi connectivity index (χ0v) is 15.1. The molecule has 1 amide bonds. The molecular formula is C17H24N4O2S. The number of carbonyl (C=O) groups is 1. The summed E-state index contributed by atoms with van der Waals surface area (Å²) in [6.07, 6.45) is 5.93. The summed E-state index contributed by atoms with van der Waals surface area (Å²) in [5, 5.41) is 8.35. The molecule has 0 spiro atoms. The van der Waals surface area contributed by atoms with Crippen LogP contribution in [0.1, 0.15) is 46.6 Å². The molecular weight excluding hydrogens is 324 g/mol. The van der Waals surface area contributed by atoms with Crippen LogP contribution in [0, 0.1) is 12.8 Å². The SMILES string of the molecule is CCCCc1nc(C)c(C(=O)Nc2ccnn2CC2CCOC2)s1. The van der Waals surface area contributed by atoms with Crippen LogP contribution in [0.4, 0.5) is 5.82 Å².